The lowest BCUT2D eigenvalue weighted by Crippen LogP contribution is -2.50. The first-order chi connectivity index (χ1) is 14.5. The van der Waals surface area contributed by atoms with Crippen LogP contribution in [0.15, 0.2) is 48.8 Å². The lowest BCUT2D eigenvalue weighted by Gasteiger charge is -2.47. The molecule has 1 amide bonds. The van der Waals surface area contributed by atoms with Crippen LogP contribution in [-0.2, 0) is 11.3 Å². The van der Waals surface area contributed by atoms with Crippen LogP contribution in [0.5, 0.6) is 5.75 Å². The molecular formula is C25H33N3O2. The molecule has 30 heavy (non-hydrogen) atoms. The van der Waals surface area contributed by atoms with Crippen molar-refractivity contribution in [1.82, 2.24) is 15.2 Å². The number of fused-ring (bicyclic) bond motifs is 1. The van der Waals surface area contributed by atoms with Crippen molar-refractivity contribution >= 4 is 5.91 Å². The first-order valence-electron chi connectivity index (χ1n) is 11.2. The standard InChI is InChI=1S/C25H33N3O2/c1-19(2)17-27-24(29)15-21-16-25(30-23-6-4-3-5-22(21)23)9-13-28(14-10-25)18-20-7-11-26-12-8-20/h3-8,11-12,19,21H,9-10,13-18H2,1-2H3,(H,27,29)/t21-/m0/s1. The van der Waals surface area contributed by atoms with Gasteiger partial charge in [0.25, 0.3) is 0 Å². The molecule has 1 fully saturated rings. The summed E-state index contributed by atoms with van der Waals surface area (Å²) in [4.78, 5) is 19.2. The van der Waals surface area contributed by atoms with E-state index in [1.165, 1.54) is 11.1 Å². The second kappa shape index (κ2) is 9.17. The van der Waals surface area contributed by atoms with Gasteiger partial charge >= 0.3 is 0 Å². The Bertz CT molecular complexity index is 844. The van der Waals surface area contributed by atoms with Crippen molar-refractivity contribution in [3.63, 3.8) is 0 Å². The number of amides is 1. The highest BCUT2D eigenvalue weighted by Crippen LogP contribution is 2.46. The van der Waals surface area contributed by atoms with Crippen molar-refractivity contribution in [3.8, 4) is 5.75 Å². The van der Waals surface area contributed by atoms with Crippen molar-refractivity contribution < 1.29 is 9.53 Å². The number of carbonyl (C=O) groups is 1. The largest absolute Gasteiger partial charge is 0.487 e. The Balaban J connectivity index is 1.43. The van der Waals surface area contributed by atoms with Gasteiger partial charge in [-0.3, -0.25) is 14.7 Å². The topological polar surface area (TPSA) is 54.5 Å². The van der Waals surface area contributed by atoms with Gasteiger partial charge in [0, 0.05) is 50.9 Å². The molecule has 5 nitrogen and oxygen atoms in total. The molecule has 1 spiro atoms. The van der Waals surface area contributed by atoms with E-state index in [1.54, 1.807) is 0 Å². The fourth-order valence-corrected chi connectivity index (χ4v) is 4.71. The van der Waals surface area contributed by atoms with E-state index in [2.05, 4.69) is 59.4 Å². The summed E-state index contributed by atoms with van der Waals surface area (Å²) in [5, 5.41) is 3.09. The lowest BCUT2D eigenvalue weighted by molar-refractivity contribution is -0.122. The summed E-state index contributed by atoms with van der Waals surface area (Å²) in [5.74, 6) is 1.80. The van der Waals surface area contributed by atoms with Crippen LogP contribution in [-0.4, -0.2) is 41.0 Å². The van der Waals surface area contributed by atoms with Crippen LogP contribution < -0.4 is 10.1 Å². The second-order valence-electron chi connectivity index (χ2n) is 9.26. The number of nitrogens with one attached hydrogen (secondary N) is 1. The Morgan fingerprint density at radius 2 is 1.93 bits per heavy atom. The summed E-state index contributed by atoms with van der Waals surface area (Å²) >= 11 is 0. The highest BCUT2D eigenvalue weighted by atomic mass is 16.5. The van der Waals surface area contributed by atoms with Crippen molar-refractivity contribution in [2.24, 2.45) is 5.92 Å². The molecule has 2 aliphatic heterocycles. The Hall–Kier alpha value is -2.40. The molecule has 4 rings (SSSR count). The van der Waals surface area contributed by atoms with Crippen LogP contribution in [0.25, 0.3) is 0 Å². The fraction of sp³-hybridized carbons (Fsp3) is 0.520. The molecular weight excluding hydrogens is 374 g/mol. The summed E-state index contributed by atoms with van der Waals surface area (Å²) in [5.41, 5.74) is 2.32. The minimum absolute atomic E-state index is 0.149. The summed E-state index contributed by atoms with van der Waals surface area (Å²) in [7, 11) is 0. The maximum absolute atomic E-state index is 12.6. The van der Waals surface area contributed by atoms with E-state index in [4.69, 9.17) is 4.74 Å². The number of hydrogen-bond donors (Lipinski definition) is 1. The maximum atomic E-state index is 12.6. The molecule has 0 aliphatic carbocycles. The third kappa shape index (κ3) is 5.01. The van der Waals surface area contributed by atoms with Crippen molar-refractivity contribution in [2.75, 3.05) is 19.6 Å². The molecule has 0 saturated carbocycles. The first-order valence-corrected chi connectivity index (χ1v) is 11.2. The van der Waals surface area contributed by atoms with Gasteiger partial charge in [-0.15, -0.1) is 0 Å². The van der Waals surface area contributed by atoms with Gasteiger partial charge in [0.15, 0.2) is 0 Å². The minimum Gasteiger partial charge on any atom is -0.487 e. The third-order valence-corrected chi connectivity index (χ3v) is 6.37. The molecule has 3 heterocycles. The van der Waals surface area contributed by atoms with Gasteiger partial charge in [0.1, 0.15) is 11.4 Å². The quantitative estimate of drug-likeness (QED) is 0.782. The molecule has 1 atom stereocenters. The van der Waals surface area contributed by atoms with Gasteiger partial charge in [-0.2, -0.15) is 0 Å². The summed E-state index contributed by atoms with van der Waals surface area (Å²) in [6.07, 6.45) is 7.17. The number of nitrogens with zero attached hydrogens (tertiary/aromatic N) is 2. The number of rotatable bonds is 6. The summed E-state index contributed by atoms with van der Waals surface area (Å²) in [6.45, 7) is 7.96. The molecule has 160 valence electrons. The first kappa shape index (κ1) is 20.9. The Kier molecular flexibility index (Phi) is 6.38. The Labute approximate surface area is 179 Å². The zero-order chi connectivity index (χ0) is 21.0. The van der Waals surface area contributed by atoms with Gasteiger partial charge in [-0.1, -0.05) is 32.0 Å². The molecule has 2 aromatic rings. The van der Waals surface area contributed by atoms with E-state index in [1.807, 2.05) is 18.5 Å². The van der Waals surface area contributed by atoms with Gasteiger partial charge in [0.05, 0.1) is 0 Å². The molecule has 1 aromatic carbocycles. The van der Waals surface area contributed by atoms with Crippen LogP contribution in [0.1, 0.15) is 56.6 Å². The molecule has 5 heteroatoms. The van der Waals surface area contributed by atoms with Crippen LogP contribution in [0.2, 0.25) is 0 Å². The normalized spacial score (nSPS) is 20.6. The number of para-hydroxylation sites is 1. The monoisotopic (exact) mass is 407 g/mol. The van der Waals surface area contributed by atoms with Crippen LogP contribution in [0.3, 0.4) is 0 Å². The van der Waals surface area contributed by atoms with Crippen molar-refractivity contribution in [2.45, 2.75) is 57.6 Å². The number of hydrogen-bond acceptors (Lipinski definition) is 4. The van der Waals surface area contributed by atoms with Gasteiger partial charge in [-0.05, 0) is 54.5 Å². The van der Waals surface area contributed by atoms with Gasteiger partial charge in [-0.25, -0.2) is 0 Å². The summed E-state index contributed by atoms with van der Waals surface area (Å²) in [6, 6.07) is 12.5. The maximum Gasteiger partial charge on any atom is 0.220 e. The van der Waals surface area contributed by atoms with E-state index in [0.717, 1.165) is 51.2 Å². The molecule has 1 saturated heterocycles. The molecule has 0 bridgehead atoms. The lowest BCUT2D eigenvalue weighted by atomic mass is 9.76. The van der Waals surface area contributed by atoms with E-state index in [0.29, 0.717) is 12.3 Å². The van der Waals surface area contributed by atoms with E-state index < -0.39 is 0 Å². The average Bonchev–Trinajstić information content (AvgIpc) is 2.75. The SMILES string of the molecule is CC(C)CNC(=O)C[C@H]1CC2(CCN(Cc3ccncc3)CC2)Oc2ccccc21. The second-order valence-corrected chi connectivity index (χ2v) is 9.26. The van der Waals surface area contributed by atoms with Gasteiger partial charge < -0.3 is 10.1 Å². The molecule has 0 radical (unpaired) electrons. The molecule has 1 aromatic heterocycles. The highest BCUT2D eigenvalue weighted by molar-refractivity contribution is 5.77. The molecule has 1 N–H and O–H groups in total. The number of likely N-dealkylation sites (tertiary alicyclic amines) is 1. The van der Waals surface area contributed by atoms with Gasteiger partial charge in [0.2, 0.25) is 5.91 Å². The zero-order valence-corrected chi connectivity index (χ0v) is 18.1. The minimum atomic E-state index is -0.161. The number of pyridine rings is 1. The Morgan fingerprint density at radius 3 is 2.67 bits per heavy atom. The van der Waals surface area contributed by atoms with Crippen molar-refractivity contribution in [1.29, 1.82) is 0 Å². The predicted molar refractivity (Wildman–Crippen MR) is 118 cm³/mol. The number of ether oxygens (including phenoxy) is 1. The predicted octanol–water partition coefficient (Wildman–Crippen LogP) is 4.14. The summed E-state index contributed by atoms with van der Waals surface area (Å²) < 4.78 is 6.60. The van der Waals surface area contributed by atoms with Crippen molar-refractivity contribution in [3.05, 3.63) is 59.9 Å². The third-order valence-electron chi connectivity index (χ3n) is 6.37. The Morgan fingerprint density at radius 1 is 1.20 bits per heavy atom. The smallest absolute Gasteiger partial charge is 0.220 e. The zero-order valence-electron chi connectivity index (χ0n) is 18.1. The fourth-order valence-electron chi connectivity index (χ4n) is 4.71. The van der Waals surface area contributed by atoms with Crippen LogP contribution in [0, 0.1) is 5.92 Å². The van der Waals surface area contributed by atoms with Crippen LogP contribution >= 0.6 is 0 Å². The highest BCUT2D eigenvalue weighted by Gasteiger charge is 2.43. The van der Waals surface area contributed by atoms with Crippen LogP contribution in [0.4, 0.5) is 0 Å². The van der Waals surface area contributed by atoms with E-state index >= 15 is 0 Å². The molecule has 2 aliphatic rings. The number of piperidine rings is 1. The average molecular weight is 408 g/mol. The number of carbonyl (C=O) groups excluding carboxylic acids is 1. The number of benzene rings is 1. The molecule has 0 unspecified atom stereocenters. The van der Waals surface area contributed by atoms with E-state index in [9.17, 15) is 4.79 Å². The van der Waals surface area contributed by atoms with E-state index in [-0.39, 0.29) is 17.4 Å². The number of aromatic nitrogens is 1.